The van der Waals surface area contributed by atoms with Crippen molar-refractivity contribution in [3.05, 3.63) is 46.7 Å². The van der Waals surface area contributed by atoms with Gasteiger partial charge in [0.15, 0.2) is 0 Å². The normalized spacial score (nSPS) is 10.2. The number of methoxy groups -OCH3 is 1. The molecule has 1 heterocycles. The molecular weight excluding hydrogens is 245 g/mol. The van der Waals surface area contributed by atoms with Crippen molar-refractivity contribution >= 4 is 23.2 Å². The van der Waals surface area contributed by atoms with Crippen LogP contribution in [0.1, 0.15) is 0 Å². The largest absolute Gasteiger partial charge is 0.496 e. The Bertz CT molecular complexity index is 514. The third-order valence-corrected chi connectivity index (χ3v) is 2.64. The minimum Gasteiger partial charge on any atom is -0.496 e. The van der Waals surface area contributed by atoms with Gasteiger partial charge in [-0.1, -0.05) is 23.2 Å². The second-order valence-corrected chi connectivity index (χ2v) is 4.04. The second-order valence-electron chi connectivity index (χ2n) is 3.21. The zero-order valence-electron chi connectivity index (χ0n) is 8.58. The molecule has 0 radical (unpaired) electrons. The van der Waals surface area contributed by atoms with E-state index < -0.39 is 0 Å². The summed E-state index contributed by atoms with van der Waals surface area (Å²) in [7, 11) is 1.62. The van der Waals surface area contributed by atoms with Crippen molar-refractivity contribution in [3.8, 4) is 16.9 Å². The van der Waals surface area contributed by atoms with Gasteiger partial charge in [0.05, 0.1) is 7.11 Å². The fourth-order valence-electron chi connectivity index (χ4n) is 1.48. The molecule has 0 aliphatic carbocycles. The van der Waals surface area contributed by atoms with Gasteiger partial charge >= 0.3 is 0 Å². The third kappa shape index (κ3) is 2.29. The monoisotopic (exact) mass is 253 g/mol. The van der Waals surface area contributed by atoms with E-state index in [4.69, 9.17) is 27.9 Å². The molecular formula is C12H9Cl2NO. The van der Waals surface area contributed by atoms with Crippen molar-refractivity contribution in [2.24, 2.45) is 0 Å². The van der Waals surface area contributed by atoms with Crippen molar-refractivity contribution < 1.29 is 4.74 Å². The number of nitrogens with zero attached hydrogens (tertiary/aromatic N) is 1. The summed E-state index contributed by atoms with van der Waals surface area (Å²) in [6.07, 6.45) is 1.65. The molecule has 0 N–H and O–H groups in total. The zero-order valence-corrected chi connectivity index (χ0v) is 10.1. The molecule has 0 spiro atoms. The highest BCUT2D eigenvalue weighted by atomic mass is 35.5. The van der Waals surface area contributed by atoms with Gasteiger partial charge in [-0.25, -0.2) is 4.98 Å². The lowest BCUT2D eigenvalue weighted by Gasteiger charge is -2.08. The van der Waals surface area contributed by atoms with Gasteiger partial charge in [-0.15, -0.1) is 0 Å². The van der Waals surface area contributed by atoms with Crippen LogP contribution in [0, 0.1) is 0 Å². The summed E-state index contributed by atoms with van der Waals surface area (Å²) in [5.74, 6) is 0.756. The Morgan fingerprint density at radius 1 is 1.12 bits per heavy atom. The fraction of sp³-hybridized carbons (Fsp3) is 0.0833. The molecule has 0 bridgehead atoms. The molecule has 2 rings (SSSR count). The Kier molecular flexibility index (Phi) is 3.32. The van der Waals surface area contributed by atoms with Crippen molar-refractivity contribution in [1.29, 1.82) is 0 Å². The number of hydrogen-bond acceptors (Lipinski definition) is 2. The molecule has 0 aliphatic rings. The van der Waals surface area contributed by atoms with Crippen LogP contribution in [0.2, 0.25) is 10.2 Å². The SMILES string of the molecule is COc1ccc(Cl)cc1-c1ccnc(Cl)c1. The van der Waals surface area contributed by atoms with E-state index in [0.717, 1.165) is 16.9 Å². The summed E-state index contributed by atoms with van der Waals surface area (Å²) in [6.45, 7) is 0. The van der Waals surface area contributed by atoms with Crippen LogP contribution in [0.15, 0.2) is 36.5 Å². The molecule has 0 aliphatic heterocycles. The molecule has 1 aromatic heterocycles. The van der Waals surface area contributed by atoms with Gasteiger partial charge < -0.3 is 4.74 Å². The lowest BCUT2D eigenvalue weighted by Crippen LogP contribution is -1.88. The van der Waals surface area contributed by atoms with Gasteiger partial charge in [-0.3, -0.25) is 0 Å². The number of ether oxygens (including phenoxy) is 1. The predicted octanol–water partition coefficient (Wildman–Crippen LogP) is 4.06. The number of halogens is 2. The molecule has 2 aromatic rings. The summed E-state index contributed by atoms with van der Waals surface area (Å²) in [4.78, 5) is 3.93. The maximum absolute atomic E-state index is 5.96. The van der Waals surface area contributed by atoms with E-state index in [1.165, 1.54) is 0 Å². The Balaban J connectivity index is 2.58. The van der Waals surface area contributed by atoms with Crippen LogP contribution in [-0.4, -0.2) is 12.1 Å². The Labute approximate surface area is 104 Å². The van der Waals surface area contributed by atoms with Gasteiger partial charge in [-0.2, -0.15) is 0 Å². The average molecular weight is 254 g/mol. The summed E-state index contributed by atoms with van der Waals surface area (Å²) in [5, 5.41) is 1.10. The quantitative estimate of drug-likeness (QED) is 0.754. The van der Waals surface area contributed by atoms with Crippen molar-refractivity contribution in [2.75, 3.05) is 7.11 Å². The topological polar surface area (TPSA) is 22.1 Å². The Morgan fingerprint density at radius 2 is 1.94 bits per heavy atom. The molecule has 4 heteroatoms. The highest BCUT2D eigenvalue weighted by Gasteiger charge is 2.07. The van der Waals surface area contributed by atoms with Gasteiger partial charge in [0, 0.05) is 16.8 Å². The van der Waals surface area contributed by atoms with Gasteiger partial charge in [-0.05, 0) is 35.9 Å². The second kappa shape index (κ2) is 4.73. The highest BCUT2D eigenvalue weighted by molar-refractivity contribution is 6.31. The maximum Gasteiger partial charge on any atom is 0.129 e. The van der Waals surface area contributed by atoms with E-state index >= 15 is 0 Å². The molecule has 0 fully saturated rings. The lowest BCUT2D eigenvalue weighted by atomic mass is 10.1. The van der Waals surface area contributed by atoms with Crippen molar-refractivity contribution in [1.82, 2.24) is 4.98 Å². The molecule has 2 nitrogen and oxygen atoms in total. The number of pyridine rings is 1. The fourth-order valence-corrected chi connectivity index (χ4v) is 1.82. The van der Waals surface area contributed by atoms with Gasteiger partial charge in [0.2, 0.25) is 0 Å². The molecule has 0 unspecified atom stereocenters. The minimum absolute atomic E-state index is 0.444. The van der Waals surface area contributed by atoms with E-state index in [-0.39, 0.29) is 0 Å². The van der Waals surface area contributed by atoms with Crippen LogP contribution < -0.4 is 4.74 Å². The van der Waals surface area contributed by atoms with Crippen LogP contribution in [0.3, 0.4) is 0 Å². The molecule has 1 aromatic carbocycles. The van der Waals surface area contributed by atoms with E-state index in [9.17, 15) is 0 Å². The number of aromatic nitrogens is 1. The number of rotatable bonds is 2. The van der Waals surface area contributed by atoms with Crippen molar-refractivity contribution in [3.63, 3.8) is 0 Å². The van der Waals surface area contributed by atoms with Crippen LogP contribution in [-0.2, 0) is 0 Å². The summed E-state index contributed by atoms with van der Waals surface area (Å²) in [6, 6.07) is 9.08. The van der Waals surface area contributed by atoms with Crippen LogP contribution in [0.4, 0.5) is 0 Å². The van der Waals surface area contributed by atoms with Crippen LogP contribution >= 0.6 is 23.2 Å². The summed E-state index contributed by atoms with van der Waals surface area (Å²) < 4.78 is 5.27. The predicted molar refractivity (Wildman–Crippen MR) is 66.2 cm³/mol. The third-order valence-electron chi connectivity index (χ3n) is 2.20. The maximum atomic E-state index is 5.96. The first-order chi connectivity index (χ1) is 7.70. The lowest BCUT2D eigenvalue weighted by molar-refractivity contribution is 0.416. The number of hydrogen-bond donors (Lipinski definition) is 0. The molecule has 0 saturated carbocycles. The Morgan fingerprint density at radius 3 is 2.62 bits per heavy atom. The smallest absolute Gasteiger partial charge is 0.129 e. The first-order valence-electron chi connectivity index (χ1n) is 4.66. The van der Waals surface area contributed by atoms with Gasteiger partial charge in [0.1, 0.15) is 10.9 Å². The van der Waals surface area contributed by atoms with E-state index in [1.54, 1.807) is 25.4 Å². The van der Waals surface area contributed by atoms with E-state index in [1.807, 2.05) is 18.2 Å². The van der Waals surface area contributed by atoms with E-state index in [0.29, 0.717) is 10.2 Å². The molecule has 0 saturated heterocycles. The Hall–Kier alpha value is -1.25. The molecule has 0 atom stereocenters. The highest BCUT2D eigenvalue weighted by Crippen LogP contribution is 2.32. The first-order valence-corrected chi connectivity index (χ1v) is 5.42. The van der Waals surface area contributed by atoms with Crippen LogP contribution in [0.5, 0.6) is 5.75 Å². The number of benzene rings is 1. The summed E-state index contributed by atoms with van der Waals surface area (Å²) in [5.41, 5.74) is 1.83. The standard InChI is InChI=1S/C12H9Cl2NO/c1-16-11-3-2-9(13)7-10(11)8-4-5-15-12(14)6-8/h2-7H,1H3. The molecule has 16 heavy (non-hydrogen) atoms. The minimum atomic E-state index is 0.444. The van der Waals surface area contributed by atoms with E-state index in [2.05, 4.69) is 4.98 Å². The zero-order chi connectivity index (χ0) is 11.5. The van der Waals surface area contributed by atoms with Gasteiger partial charge in [0.25, 0.3) is 0 Å². The molecule has 82 valence electrons. The molecule has 0 amide bonds. The summed E-state index contributed by atoms with van der Waals surface area (Å²) >= 11 is 11.8. The first kappa shape index (κ1) is 11.2. The average Bonchev–Trinajstić information content (AvgIpc) is 2.29. The van der Waals surface area contributed by atoms with Crippen LogP contribution in [0.25, 0.3) is 11.1 Å². The van der Waals surface area contributed by atoms with Crippen molar-refractivity contribution in [2.45, 2.75) is 0 Å².